The van der Waals surface area contributed by atoms with E-state index < -0.39 is 17.7 Å². The number of aryl methyl sites for hydroxylation is 1. The summed E-state index contributed by atoms with van der Waals surface area (Å²) >= 11 is 10.8. The maximum atomic E-state index is 13.3. The van der Waals surface area contributed by atoms with Crippen molar-refractivity contribution in [3.8, 4) is 0 Å². The van der Waals surface area contributed by atoms with Crippen molar-refractivity contribution in [3.63, 3.8) is 0 Å². The number of halogens is 2. The van der Waals surface area contributed by atoms with Crippen LogP contribution in [-0.2, 0) is 9.59 Å². The highest BCUT2D eigenvalue weighted by atomic mass is 79.9. The molecule has 1 saturated heterocycles. The van der Waals surface area contributed by atoms with Crippen LogP contribution in [0.3, 0.4) is 0 Å². The van der Waals surface area contributed by atoms with Crippen molar-refractivity contribution >= 4 is 71.7 Å². The lowest BCUT2D eigenvalue weighted by atomic mass is 9.94. The van der Waals surface area contributed by atoms with E-state index in [1.165, 1.54) is 16.2 Å². The van der Waals surface area contributed by atoms with Gasteiger partial charge in [0.05, 0.1) is 21.8 Å². The van der Waals surface area contributed by atoms with Gasteiger partial charge in [0.2, 0.25) is 0 Å². The average Bonchev–Trinajstić information content (AvgIpc) is 3.32. The van der Waals surface area contributed by atoms with Gasteiger partial charge >= 0.3 is 5.91 Å². The third kappa shape index (κ3) is 3.86. The standard InChI is InChI=1S/C25H16BrClN2O3S/c1-13-3-2-4-15(11-13)21-20(22(30)14-5-7-16(26)8-6-14)23(31)24(32)29(21)25-28-18-10-9-17(27)12-19(18)33-25/h2-12,21,30H,1H3/b22-20+. The van der Waals surface area contributed by atoms with Crippen LogP contribution in [0.15, 0.2) is 76.8 Å². The van der Waals surface area contributed by atoms with E-state index >= 15 is 0 Å². The number of aliphatic hydroxyl groups is 1. The second-order valence-electron chi connectivity index (χ2n) is 7.70. The second kappa shape index (κ2) is 8.41. The Balaban J connectivity index is 1.74. The molecule has 1 aromatic heterocycles. The number of nitrogens with zero attached hydrogens (tertiary/aromatic N) is 2. The van der Waals surface area contributed by atoms with E-state index in [9.17, 15) is 14.7 Å². The van der Waals surface area contributed by atoms with Gasteiger partial charge in [0, 0.05) is 15.1 Å². The molecule has 0 bridgehead atoms. The van der Waals surface area contributed by atoms with Crippen molar-refractivity contribution in [1.82, 2.24) is 4.98 Å². The number of anilines is 1. The van der Waals surface area contributed by atoms with Gasteiger partial charge in [-0.15, -0.1) is 0 Å². The smallest absolute Gasteiger partial charge is 0.301 e. The molecule has 3 aromatic carbocycles. The summed E-state index contributed by atoms with van der Waals surface area (Å²) in [5.74, 6) is -1.71. The van der Waals surface area contributed by atoms with Gasteiger partial charge in [0.15, 0.2) is 5.13 Å². The van der Waals surface area contributed by atoms with E-state index in [4.69, 9.17) is 11.6 Å². The van der Waals surface area contributed by atoms with Gasteiger partial charge in [0.25, 0.3) is 5.78 Å². The zero-order chi connectivity index (χ0) is 23.3. The van der Waals surface area contributed by atoms with Gasteiger partial charge in [-0.1, -0.05) is 80.8 Å². The molecule has 5 nitrogen and oxygen atoms in total. The summed E-state index contributed by atoms with van der Waals surface area (Å²) < 4.78 is 1.64. The topological polar surface area (TPSA) is 70.5 Å². The first-order chi connectivity index (χ1) is 15.8. The zero-order valence-corrected chi connectivity index (χ0v) is 20.4. The minimum absolute atomic E-state index is 0.0326. The normalized spacial score (nSPS) is 17.8. The highest BCUT2D eigenvalue weighted by Crippen LogP contribution is 2.44. The molecule has 1 N–H and O–H groups in total. The number of benzene rings is 3. The van der Waals surface area contributed by atoms with E-state index in [0.717, 1.165) is 14.7 Å². The Bertz CT molecular complexity index is 1460. The van der Waals surface area contributed by atoms with Crippen molar-refractivity contribution in [3.05, 3.63) is 98.5 Å². The van der Waals surface area contributed by atoms with E-state index in [-0.39, 0.29) is 11.3 Å². The fourth-order valence-corrected chi connectivity index (χ4v) is 5.47. The van der Waals surface area contributed by atoms with Gasteiger partial charge in [-0.3, -0.25) is 14.5 Å². The number of thiazole rings is 1. The van der Waals surface area contributed by atoms with Crippen LogP contribution in [0.5, 0.6) is 0 Å². The van der Waals surface area contributed by atoms with Gasteiger partial charge in [0.1, 0.15) is 5.76 Å². The molecule has 8 heteroatoms. The molecule has 1 atom stereocenters. The summed E-state index contributed by atoms with van der Waals surface area (Å²) in [4.78, 5) is 32.5. The van der Waals surface area contributed by atoms with Crippen LogP contribution in [0.2, 0.25) is 5.02 Å². The van der Waals surface area contributed by atoms with Crippen LogP contribution in [-0.4, -0.2) is 21.8 Å². The minimum atomic E-state index is -0.815. The molecule has 1 aliphatic rings. The molecule has 164 valence electrons. The first-order valence-corrected chi connectivity index (χ1v) is 12.0. The molecule has 0 aliphatic carbocycles. The average molecular weight is 540 g/mol. The number of hydrogen-bond acceptors (Lipinski definition) is 5. The zero-order valence-electron chi connectivity index (χ0n) is 17.3. The molecule has 2 heterocycles. The summed E-state index contributed by atoms with van der Waals surface area (Å²) in [6, 6.07) is 18.9. The molecular weight excluding hydrogens is 524 g/mol. The van der Waals surface area contributed by atoms with Crippen LogP contribution in [0.25, 0.3) is 16.0 Å². The number of Topliss-reactive ketones (excluding diaryl/α,β-unsaturated/α-hetero) is 1. The number of ketones is 1. The molecule has 1 aliphatic heterocycles. The Kier molecular flexibility index (Phi) is 5.56. The van der Waals surface area contributed by atoms with E-state index in [1.54, 1.807) is 42.5 Å². The van der Waals surface area contributed by atoms with Gasteiger partial charge in [-0.05, 0) is 42.8 Å². The molecule has 1 fully saturated rings. The Labute approximate surface area is 207 Å². The number of carbonyl (C=O) groups excluding carboxylic acids is 2. The number of fused-ring (bicyclic) bond motifs is 1. The van der Waals surface area contributed by atoms with Crippen molar-refractivity contribution < 1.29 is 14.7 Å². The Morgan fingerprint density at radius 1 is 1.09 bits per heavy atom. The summed E-state index contributed by atoms with van der Waals surface area (Å²) in [5, 5.41) is 12.1. The summed E-state index contributed by atoms with van der Waals surface area (Å²) in [6.07, 6.45) is 0. The summed E-state index contributed by atoms with van der Waals surface area (Å²) in [7, 11) is 0. The Hall–Kier alpha value is -3.00. The first kappa shape index (κ1) is 21.8. The van der Waals surface area contributed by atoms with Crippen molar-refractivity contribution in [2.24, 2.45) is 0 Å². The second-order valence-corrected chi connectivity index (χ2v) is 10.1. The Morgan fingerprint density at radius 3 is 2.58 bits per heavy atom. The number of amides is 1. The van der Waals surface area contributed by atoms with E-state index in [1.807, 2.05) is 31.2 Å². The number of hydrogen-bond donors (Lipinski definition) is 1. The molecule has 4 aromatic rings. The van der Waals surface area contributed by atoms with Crippen LogP contribution < -0.4 is 4.90 Å². The lowest BCUT2D eigenvalue weighted by Crippen LogP contribution is -2.29. The van der Waals surface area contributed by atoms with Crippen LogP contribution in [0, 0.1) is 6.92 Å². The van der Waals surface area contributed by atoms with E-state index in [0.29, 0.717) is 26.8 Å². The van der Waals surface area contributed by atoms with Gasteiger partial charge in [-0.2, -0.15) is 0 Å². The molecule has 1 amide bonds. The lowest BCUT2D eigenvalue weighted by Gasteiger charge is -2.23. The predicted molar refractivity (Wildman–Crippen MR) is 135 cm³/mol. The fourth-order valence-electron chi connectivity index (χ4n) is 3.94. The van der Waals surface area contributed by atoms with Gasteiger partial charge in [-0.25, -0.2) is 4.98 Å². The molecule has 0 saturated carbocycles. The maximum absolute atomic E-state index is 13.3. The van der Waals surface area contributed by atoms with Crippen LogP contribution in [0.4, 0.5) is 5.13 Å². The van der Waals surface area contributed by atoms with Crippen LogP contribution >= 0.6 is 38.9 Å². The molecule has 1 unspecified atom stereocenters. The molecule has 0 spiro atoms. The van der Waals surface area contributed by atoms with Crippen molar-refractivity contribution in [2.75, 3.05) is 4.90 Å². The monoisotopic (exact) mass is 538 g/mol. The number of carbonyl (C=O) groups is 2. The highest BCUT2D eigenvalue weighted by Gasteiger charge is 2.48. The van der Waals surface area contributed by atoms with Crippen LogP contribution in [0.1, 0.15) is 22.7 Å². The molecule has 33 heavy (non-hydrogen) atoms. The molecule has 5 rings (SSSR count). The summed E-state index contributed by atoms with van der Waals surface area (Å²) in [5.41, 5.74) is 2.84. The number of aliphatic hydroxyl groups excluding tert-OH is 1. The largest absolute Gasteiger partial charge is 0.507 e. The van der Waals surface area contributed by atoms with E-state index in [2.05, 4.69) is 20.9 Å². The SMILES string of the molecule is Cc1cccc(C2/C(=C(\O)c3ccc(Br)cc3)C(=O)C(=O)N2c2nc3ccc(Cl)cc3s2)c1. The predicted octanol–water partition coefficient (Wildman–Crippen LogP) is 6.65. The van der Waals surface area contributed by atoms with Crippen molar-refractivity contribution in [2.45, 2.75) is 13.0 Å². The van der Waals surface area contributed by atoms with Gasteiger partial charge < -0.3 is 5.11 Å². The molecule has 0 radical (unpaired) electrons. The Morgan fingerprint density at radius 2 is 1.85 bits per heavy atom. The third-order valence-electron chi connectivity index (χ3n) is 5.47. The minimum Gasteiger partial charge on any atom is -0.507 e. The number of aromatic nitrogens is 1. The van der Waals surface area contributed by atoms with Crippen molar-refractivity contribution in [1.29, 1.82) is 0 Å². The molecular formula is C25H16BrClN2O3S. The lowest BCUT2D eigenvalue weighted by molar-refractivity contribution is -0.132. The third-order valence-corrected chi connectivity index (χ3v) is 7.25. The maximum Gasteiger partial charge on any atom is 0.301 e. The fraction of sp³-hybridized carbons (Fsp3) is 0.0800. The first-order valence-electron chi connectivity index (χ1n) is 10.0. The number of rotatable bonds is 3. The highest BCUT2D eigenvalue weighted by molar-refractivity contribution is 9.10. The quantitative estimate of drug-likeness (QED) is 0.180. The summed E-state index contributed by atoms with van der Waals surface area (Å²) in [6.45, 7) is 1.93.